The molecule has 0 nitrogen and oxygen atoms in total. The van der Waals surface area contributed by atoms with Crippen molar-refractivity contribution in [3.05, 3.63) is 47.6 Å². The Morgan fingerprint density at radius 3 is 1.96 bits per heavy atom. The Hall–Kier alpha value is -1.32. The molecule has 3 rings (SSSR count). The zero-order valence-corrected chi connectivity index (χ0v) is 13.8. The van der Waals surface area contributed by atoms with Crippen molar-refractivity contribution in [2.24, 2.45) is 17.8 Å². The Balaban J connectivity index is 1.51. The first-order valence-electron chi connectivity index (χ1n) is 8.99. The molecule has 4 heteroatoms. The van der Waals surface area contributed by atoms with E-state index in [1.165, 1.54) is 12.1 Å². The van der Waals surface area contributed by atoms with Crippen LogP contribution < -0.4 is 0 Å². The van der Waals surface area contributed by atoms with Gasteiger partial charge in [0, 0.05) is 5.92 Å². The number of hydrogen-bond donors (Lipinski definition) is 0. The summed E-state index contributed by atoms with van der Waals surface area (Å²) in [6.07, 6.45) is 7.67. The van der Waals surface area contributed by atoms with E-state index in [0.717, 1.165) is 56.9 Å². The van der Waals surface area contributed by atoms with Crippen molar-refractivity contribution in [3.8, 4) is 0 Å². The fourth-order valence-electron chi connectivity index (χ4n) is 4.65. The molecule has 2 aliphatic carbocycles. The number of hydrogen-bond acceptors (Lipinski definition) is 0. The summed E-state index contributed by atoms with van der Waals surface area (Å²) in [5.74, 6) is -0.862. The molecule has 0 N–H and O–H groups in total. The van der Waals surface area contributed by atoms with E-state index in [-0.39, 0.29) is 12.2 Å². The summed E-state index contributed by atoms with van der Waals surface area (Å²) < 4.78 is 52.1. The van der Waals surface area contributed by atoms with Crippen LogP contribution in [0.15, 0.2) is 30.4 Å². The Morgan fingerprint density at radius 2 is 1.42 bits per heavy atom. The van der Waals surface area contributed by atoms with Crippen LogP contribution in [-0.4, -0.2) is 0 Å². The molecule has 24 heavy (non-hydrogen) atoms. The van der Waals surface area contributed by atoms with Gasteiger partial charge in [0.15, 0.2) is 11.6 Å². The molecular formula is C20H24F4. The highest BCUT2D eigenvalue weighted by atomic mass is 19.2. The summed E-state index contributed by atoms with van der Waals surface area (Å²) >= 11 is 0. The highest BCUT2D eigenvalue weighted by molar-refractivity contribution is 5.22. The number of allylic oxidation sites excluding steroid dienone is 1. The van der Waals surface area contributed by atoms with Crippen molar-refractivity contribution < 1.29 is 17.6 Å². The van der Waals surface area contributed by atoms with Gasteiger partial charge in [0.2, 0.25) is 0 Å². The van der Waals surface area contributed by atoms with E-state index in [0.29, 0.717) is 17.8 Å². The standard InChI is InChI=1S/C20H24F4/c21-12-20(24)16-7-5-14(6-8-16)13-1-3-15(4-2-13)17-9-10-18(22)19(23)11-17/h9-16H,1-8H2/b20-12-. The molecule has 0 spiro atoms. The first-order valence-corrected chi connectivity index (χ1v) is 8.99. The molecule has 0 atom stereocenters. The first kappa shape index (κ1) is 17.5. The van der Waals surface area contributed by atoms with E-state index >= 15 is 0 Å². The molecule has 0 saturated heterocycles. The average molecular weight is 340 g/mol. The van der Waals surface area contributed by atoms with Gasteiger partial charge in [-0.2, -0.15) is 0 Å². The van der Waals surface area contributed by atoms with Gasteiger partial charge in [0.05, 0.1) is 0 Å². The average Bonchev–Trinajstić information content (AvgIpc) is 2.63. The topological polar surface area (TPSA) is 0 Å². The molecule has 1 aromatic carbocycles. The Labute approximate surface area is 141 Å². The van der Waals surface area contributed by atoms with Crippen LogP contribution in [0.5, 0.6) is 0 Å². The van der Waals surface area contributed by atoms with Crippen molar-refractivity contribution in [1.29, 1.82) is 0 Å². The molecular weight excluding hydrogens is 316 g/mol. The fourth-order valence-corrected chi connectivity index (χ4v) is 4.65. The van der Waals surface area contributed by atoms with Crippen molar-refractivity contribution in [2.75, 3.05) is 0 Å². The van der Waals surface area contributed by atoms with E-state index in [2.05, 4.69) is 0 Å². The monoisotopic (exact) mass is 340 g/mol. The van der Waals surface area contributed by atoms with Crippen LogP contribution in [0.2, 0.25) is 0 Å². The largest absolute Gasteiger partial charge is 0.213 e. The number of rotatable bonds is 3. The normalized spacial score (nSPS) is 31.9. The van der Waals surface area contributed by atoms with Gasteiger partial charge in [-0.25, -0.2) is 17.6 Å². The number of benzene rings is 1. The molecule has 0 radical (unpaired) electrons. The van der Waals surface area contributed by atoms with Crippen molar-refractivity contribution in [1.82, 2.24) is 0 Å². The van der Waals surface area contributed by atoms with Crippen LogP contribution in [0.25, 0.3) is 0 Å². The lowest BCUT2D eigenvalue weighted by molar-refractivity contribution is 0.161. The van der Waals surface area contributed by atoms with Crippen molar-refractivity contribution in [2.45, 2.75) is 57.3 Å². The zero-order chi connectivity index (χ0) is 17.1. The van der Waals surface area contributed by atoms with Gasteiger partial charge in [-0.15, -0.1) is 0 Å². The Morgan fingerprint density at radius 1 is 0.833 bits per heavy atom. The predicted molar refractivity (Wildman–Crippen MR) is 86.8 cm³/mol. The molecule has 0 aromatic heterocycles. The van der Waals surface area contributed by atoms with Crippen LogP contribution >= 0.6 is 0 Å². The molecule has 0 aliphatic heterocycles. The van der Waals surface area contributed by atoms with Crippen LogP contribution in [0, 0.1) is 29.4 Å². The summed E-state index contributed by atoms with van der Waals surface area (Å²) in [6.45, 7) is 0. The fraction of sp³-hybridized carbons (Fsp3) is 0.600. The minimum atomic E-state index is -0.793. The molecule has 0 amide bonds. The van der Waals surface area contributed by atoms with Crippen LogP contribution in [0.1, 0.15) is 62.8 Å². The van der Waals surface area contributed by atoms with Crippen molar-refractivity contribution in [3.63, 3.8) is 0 Å². The lowest BCUT2D eigenvalue weighted by Gasteiger charge is -2.37. The third-order valence-corrected chi connectivity index (χ3v) is 6.12. The van der Waals surface area contributed by atoms with Gasteiger partial charge >= 0.3 is 0 Å². The van der Waals surface area contributed by atoms with Crippen LogP contribution in [-0.2, 0) is 0 Å². The summed E-state index contributed by atoms with van der Waals surface area (Å²) in [4.78, 5) is 0. The molecule has 2 saturated carbocycles. The quantitative estimate of drug-likeness (QED) is 0.529. The molecule has 0 bridgehead atoms. The van der Waals surface area contributed by atoms with E-state index in [4.69, 9.17) is 0 Å². The lowest BCUT2D eigenvalue weighted by atomic mass is 9.68. The summed E-state index contributed by atoms with van der Waals surface area (Å²) in [5.41, 5.74) is 0.895. The Kier molecular flexibility index (Phi) is 5.62. The minimum absolute atomic E-state index is 0.109. The molecule has 1 aromatic rings. The third-order valence-electron chi connectivity index (χ3n) is 6.12. The van der Waals surface area contributed by atoms with Gasteiger partial charge in [-0.3, -0.25) is 0 Å². The van der Waals surface area contributed by atoms with Crippen LogP contribution in [0.4, 0.5) is 17.6 Å². The zero-order valence-electron chi connectivity index (χ0n) is 13.8. The first-order chi connectivity index (χ1) is 11.6. The lowest BCUT2D eigenvalue weighted by Crippen LogP contribution is -2.25. The molecule has 132 valence electrons. The SMILES string of the molecule is F/C=C(\F)C1CCC(C2CCC(c3ccc(F)c(F)c3)CC2)CC1. The number of halogens is 4. The molecule has 0 unspecified atom stereocenters. The van der Waals surface area contributed by atoms with Gasteiger partial charge in [-0.1, -0.05) is 6.07 Å². The summed E-state index contributed by atoms with van der Waals surface area (Å²) in [7, 11) is 0. The summed E-state index contributed by atoms with van der Waals surface area (Å²) in [5, 5.41) is 0. The van der Waals surface area contributed by atoms with E-state index in [9.17, 15) is 17.6 Å². The highest BCUT2D eigenvalue weighted by Crippen LogP contribution is 2.45. The van der Waals surface area contributed by atoms with Gasteiger partial charge in [0.25, 0.3) is 0 Å². The maximum Gasteiger partial charge on any atom is 0.159 e. The van der Waals surface area contributed by atoms with Gasteiger partial charge in [0.1, 0.15) is 12.2 Å². The second kappa shape index (κ2) is 7.71. The second-order valence-corrected chi connectivity index (χ2v) is 7.39. The summed E-state index contributed by atoms with van der Waals surface area (Å²) in [6, 6.07) is 4.24. The third kappa shape index (κ3) is 3.84. The molecule has 2 fully saturated rings. The van der Waals surface area contributed by atoms with Gasteiger partial charge < -0.3 is 0 Å². The smallest absolute Gasteiger partial charge is 0.159 e. The maximum atomic E-state index is 13.4. The highest BCUT2D eigenvalue weighted by Gasteiger charge is 2.32. The van der Waals surface area contributed by atoms with E-state index < -0.39 is 17.5 Å². The van der Waals surface area contributed by atoms with E-state index in [1.807, 2.05) is 0 Å². The second-order valence-electron chi connectivity index (χ2n) is 7.39. The molecule has 0 heterocycles. The van der Waals surface area contributed by atoms with Crippen LogP contribution in [0.3, 0.4) is 0 Å². The van der Waals surface area contributed by atoms with Crippen molar-refractivity contribution >= 4 is 0 Å². The van der Waals surface area contributed by atoms with E-state index in [1.54, 1.807) is 6.07 Å². The minimum Gasteiger partial charge on any atom is -0.213 e. The maximum absolute atomic E-state index is 13.4. The van der Waals surface area contributed by atoms with Gasteiger partial charge in [-0.05, 0) is 86.8 Å². The Bertz CT molecular complexity index is 579. The molecule has 2 aliphatic rings. The predicted octanol–water partition coefficient (Wildman–Crippen LogP) is 6.83.